The zero-order chi connectivity index (χ0) is 20.8. The van der Waals surface area contributed by atoms with Crippen molar-refractivity contribution in [2.24, 2.45) is 4.99 Å². The summed E-state index contributed by atoms with van der Waals surface area (Å²) < 4.78 is 2.19. The third-order valence-corrected chi connectivity index (χ3v) is 6.00. The minimum Gasteiger partial charge on any atom is -0.355 e. The van der Waals surface area contributed by atoms with Gasteiger partial charge in [-0.1, -0.05) is 43.3 Å². The van der Waals surface area contributed by atoms with Crippen molar-refractivity contribution < 1.29 is 0 Å². The second kappa shape index (κ2) is 9.76. The third kappa shape index (κ3) is 4.82. The van der Waals surface area contributed by atoms with Crippen molar-refractivity contribution in [2.45, 2.75) is 38.9 Å². The Bertz CT molecular complexity index is 975. The van der Waals surface area contributed by atoms with Gasteiger partial charge in [0.25, 0.3) is 0 Å². The molecule has 1 saturated heterocycles. The number of guanidine groups is 1. The molecule has 1 aliphatic rings. The minimum atomic E-state index is 0.618. The van der Waals surface area contributed by atoms with Gasteiger partial charge in [-0.25, -0.2) is 4.98 Å². The first-order chi connectivity index (χ1) is 14.8. The SMILES string of the molecule is CCN1CCCC1CNC(=NC)NCc1ccc(Cn2cnc3ccccc32)cc1. The molecule has 0 amide bonds. The van der Waals surface area contributed by atoms with E-state index in [-0.39, 0.29) is 0 Å². The van der Waals surface area contributed by atoms with Gasteiger partial charge >= 0.3 is 0 Å². The maximum absolute atomic E-state index is 4.48. The second-order valence-electron chi connectivity index (χ2n) is 7.91. The standard InChI is InChI=1S/C24H32N6/c1-3-29-14-6-7-21(29)16-27-24(25-2)26-15-19-10-12-20(13-11-19)17-30-18-28-22-8-4-5-9-23(22)30/h4-5,8-13,18,21H,3,6-7,14-17H2,1-2H3,(H2,25,26,27). The van der Waals surface area contributed by atoms with Crippen LogP contribution in [0.4, 0.5) is 0 Å². The number of likely N-dealkylation sites (N-methyl/N-ethyl adjacent to an activating group) is 1. The predicted octanol–water partition coefficient (Wildman–Crippen LogP) is 3.23. The minimum absolute atomic E-state index is 0.618. The van der Waals surface area contributed by atoms with Crippen LogP contribution in [-0.2, 0) is 13.1 Å². The Labute approximate surface area is 179 Å². The van der Waals surface area contributed by atoms with Crippen LogP contribution in [0.2, 0.25) is 0 Å². The van der Waals surface area contributed by atoms with Crippen molar-refractivity contribution in [3.63, 3.8) is 0 Å². The van der Waals surface area contributed by atoms with E-state index in [4.69, 9.17) is 0 Å². The number of benzene rings is 2. The van der Waals surface area contributed by atoms with E-state index in [0.717, 1.165) is 37.7 Å². The highest BCUT2D eigenvalue weighted by Gasteiger charge is 2.22. The molecule has 0 radical (unpaired) electrons. The van der Waals surface area contributed by atoms with Crippen LogP contribution >= 0.6 is 0 Å². The summed E-state index contributed by atoms with van der Waals surface area (Å²) in [7, 11) is 1.83. The molecule has 158 valence electrons. The molecule has 0 spiro atoms. The fourth-order valence-electron chi connectivity index (χ4n) is 4.26. The van der Waals surface area contributed by atoms with E-state index in [0.29, 0.717) is 6.04 Å². The molecular formula is C24H32N6. The summed E-state index contributed by atoms with van der Waals surface area (Å²) in [6, 6.07) is 17.6. The summed E-state index contributed by atoms with van der Waals surface area (Å²) in [6.07, 6.45) is 4.48. The molecule has 0 saturated carbocycles. The molecule has 2 aromatic carbocycles. The molecule has 2 heterocycles. The fraction of sp³-hybridized carbons (Fsp3) is 0.417. The summed E-state index contributed by atoms with van der Waals surface area (Å²) in [5.74, 6) is 0.868. The average Bonchev–Trinajstić information content (AvgIpc) is 3.42. The van der Waals surface area contributed by atoms with E-state index in [9.17, 15) is 0 Å². The molecule has 0 bridgehead atoms. The monoisotopic (exact) mass is 404 g/mol. The zero-order valence-corrected chi connectivity index (χ0v) is 18.0. The van der Waals surface area contributed by atoms with Crippen LogP contribution in [-0.4, -0.2) is 53.1 Å². The summed E-state index contributed by atoms with van der Waals surface area (Å²) in [5.41, 5.74) is 4.72. The van der Waals surface area contributed by atoms with Gasteiger partial charge in [0.15, 0.2) is 5.96 Å². The number of hydrogen-bond acceptors (Lipinski definition) is 3. The lowest BCUT2D eigenvalue weighted by Crippen LogP contribution is -2.44. The Balaban J connectivity index is 1.28. The molecule has 1 aromatic heterocycles. The van der Waals surface area contributed by atoms with Crippen LogP contribution in [0.3, 0.4) is 0 Å². The van der Waals surface area contributed by atoms with E-state index in [1.807, 2.05) is 25.5 Å². The molecule has 4 rings (SSSR count). The van der Waals surface area contributed by atoms with Crippen LogP contribution in [0.1, 0.15) is 30.9 Å². The van der Waals surface area contributed by atoms with Gasteiger partial charge in [-0.15, -0.1) is 0 Å². The maximum Gasteiger partial charge on any atom is 0.191 e. The number of nitrogens with one attached hydrogen (secondary N) is 2. The fourth-order valence-corrected chi connectivity index (χ4v) is 4.26. The number of imidazole rings is 1. The summed E-state index contributed by atoms with van der Waals surface area (Å²) in [5, 5.41) is 6.93. The molecule has 1 unspecified atom stereocenters. The number of hydrogen-bond donors (Lipinski definition) is 2. The van der Waals surface area contributed by atoms with Crippen molar-refractivity contribution in [2.75, 3.05) is 26.7 Å². The normalized spacial score (nSPS) is 17.5. The largest absolute Gasteiger partial charge is 0.355 e. The van der Waals surface area contributed by atoms with Crippen molar-refractivity contribution in [3.05, 3.63) is 66.0 Å². The maximum atomic E-state index is 4.48. The number of para-hydroxylation sites is 2. The molecule has 6 nitrogen and oxygen atoms in total. The molecule has 2 N–H and O–H groups in total. The van der Waals surface area contributed by atoms with Crippen LogP contribution in [0.25, 0.3) is 11.0 Å². The first kappa shape index (κ1) is 20.4. The van der Waals surface area contributed by atoms with Gasteiger partial charge in [-0.2, -0.15) is 0 Å². The van der Waals surface area contributed by atoms with Gasteiger partial charge in [-0.05, 0) is 49.2 Å². The van der Waals surface area contributed by atoms with Crippen LogP contribution < -0.4 is 10.6 Å². The number of aromatic nitrogens is 2. The Morgan fingerprint density at radius 2 is 1.90 bits per heavy atom. The van der Waals surface area contributed by atoms with Crippen molar-refractivity contribution >= 4 is 17.0 Å². The lowest BCUT2D eigenvalue weighted by atomic mass is 10.1. The molecule has 1 aliphatic heterocycles. The Kier molecular flexibility index (Phi) is 6.64. The first-order valence-electron chi connectivity index (χ1n) is 10.9. The highest BCUT2D eigenvalue weighted by molar-refractivity contribution is 5.79. The molecule has 0 aliphatic carbocycles. The van der Waals surface area contributed by atoms with E-state index in [2.05, 4.69) is 73.4 Å². The van der Waals surface area contributed by atoms with E-state index < -0.39 is 0 Å². The third-order valence-electron chi connectivity index (χ3n) is 6.00. The molecule has 1 fully saturated rings. The second-order valence-corrected chi connectivity index (χ2v) is 7.91. The molecular weight excluding hydrogens is 372 g/mol. The lowest BCUT2D eigenvalue weighted by molar-refractivity contribution is 0.267. The summed E-state index contributed by atoms with van der Waals surface area (Å²) in [4.78, 5) is 11.4. The van der Waals surface area contributed by atoms with Crippen molar-refractivity contribution in [1.29, 1.82) is 0 Å². The van der Waals surface area contributed by atoms with Gasteiger partial charge in [0.1, 0.15) is 0 Å². The smallest absolute Gasteiger partial charge is 0.191 e. The van der Waals surface area contributed by atoms with Crippen LogP contribution in [0.5, 0.6) is 0 Å². The summed E-state index contributed by atoms with van der Waals surface area (Å²) >= 11 is 0. The van der Waals surface area contributed by atoms with Gasteiger partial charge in [0.05, 0.1) is 17.4 Å². The average molecular weight is 405 g/mol. The summed E-state index contributed by atoms with van der Waals surface area (Å²) in [6.45, 7) is 7.12. The Morgan fingerprint density at radius 1 is 1.10 bits per heavy atom. The number of fused-ring (bicyclic) bond motifs is 1. The van der Waals surface area contributed by atoms with Gasteiger partial charge < -0.3 is 15.2 Å². The quantitative estimate of drug-likeness (QED) is 0.469. The van der Waals surface area contributed by atoms with Gasteiger partial charge in [0, 0.05) is 32.7 Å². The molecule has 3 aromatic rings. The topological polar surface area (TPSA) is 57.5 Å². The highest BCUT2D eigenvalue weighted by Crippen LogP contribution is 2.16. The van der Waals surface area contributed by atoms with Gasteiger partial charge in [0.2, 0.25) is 0 Å². The first-order valence-corrected chi connectivity index (χ1v) is 10.9. The lowest BCUT2D eigenvalue weighted by Gasteiger charge is -2.24. The van der Waals surface area contributed by atoms with Crippen molar-refractivity contribution in [1.82, 2.24) is 25.1 Å². The van der Waals surface area contributed by atoms with E-state index in [1.54, 1.807) is 0 Å². The van der Waals surface area contributed by atoms with Crippen LogP contribution in [0, 0.1) is 0 Å². The number of rotatable bonds is 7. The van der Waals surface area contributed by atoms with E-state index in [1.165, 1.54) is 36.0 Å². The molecule has 6 heteroatoms. The number of nitrogens with zero attached hydrogens (tertiary/aromatic N) is 4. The predicted molar refractivity (Wildman–Crippen MR) is 124 cm³/mol. The van der Waals surface area contributed by atoms with Crippen LogP contribution in [0.15, 0.2) is 59.9 Å². The number of likely N-dealkylation sites (tertiary alicyclic amines) is 1. The Hall–Kier alpha value is -2.86. The zero-order valence-electron chi connectivity index (χ0n) is 18.0. The van der Waals surface area contributed by atoms with E-state index >= 15 is 0 Å². The highest BCUT2D eigenvalue weighted by atomic mass is 15.2. The molecule has 1 atom stereocenters. The Morgan fingerprint density at radius 3 is 2.70 bits per heavy atom. The molecule has 30 heavy (non-hydrogen) atoms. The van der Waals surface area contributed by atoms with Gasteiger partial charge in [-0.3, -0.25) is 9.89 Å². The van der Waals surface area contributed by atoms with Crippen molar-refractivity contribution in [3.8, 4) is 0 Å². The number of aliphatic imine (C=N–C) groups is 1.